The zero-order chi connectivity index (χ0) is 14.8. The third-order valence-electron chi connectivity index (χ3n) is 4.13. The van der Waals surface area contributed by atoms with Crippen molar-refractivity contribution in [1.82, 2.24) is 0 Å². The maximum atomic E-state index is 12.5. The molecule has 0 atom stereocenters. The van der Waals surface area contributed by atoms with Gasteiger partial charge in [0.05, 0.1) is 16.3 Å². The van der Waals surface area contributed by atoms with E-state index in [2.05, 4.69) is 4.36 Å². The molecule has 1 aliphatic carbocycles. The number of carbonyl (C=O) groups excluding carboxylic acids is 1. The van der Waals surface area contributed by atoms with Gasteiger partial charge >= 0.3 is 0 Å². The van der Waals surface area contributed by atoms with Crippen LogP contribution in [0.4, 0.5) is 0 Å². The van der Waals surface area contributed by atoms with Crippen molar-refractivity contribution in [2.75, 3.05) is 11.5 Å². The van der Waals surface area contributed by atoms with E-state index in [1.54, 1.807) is 0 Å². The lowest BCUT2D eigenvalue weighted by atomic mass is 10.2. The highest BCUT2D eigenvalue weighted by atomic mass is 32.2. The fourth-order valence-corrected chi connectivity index (χ4v) is 4.75. The third kappa shape index (κ3) is 3.52. The van der Waals surface area contributed by atoms with Crippen LogP contribution in [-0.2, 0) is 25.9 Å². The molecule has 1 aliphatic heterocycles. The Bertz CT molecular complexity index is 616. The number of carbonyl (C=O) groups is 1. The summed E-state index contributed by atoms with van der Waals surface area (Å²) in [7, 11) is -2.32. The molecule has 4 nitrogen and oxygen atoms in total. The molecule has 1 saturated heterocycles. The van der Waals surface area contributed by atoms with Crippen molar-refractivity contribution in [3.8, 4) is 0 Å². The zero-order valence-corrected chi connectivity index (χ0v) is 12.9. The molecule has 2 fully saturated rings. The molecule has 0 aromatic heterocycles. The minimum Gasteiger partial charge on any atom is -0.360 e. The molecule has 0 unspecified atom stereocenters. The lowest BCUT2D eigenvalue weighted by Gasteiger charge is -2.17. The number of benzene rings is 1. The molecule has 2 aliphatic rings. The number of hydrogen-bond donors (Lipinski definition) is 0. The van der Waals surface area contributed by atoms with E-state index in [0.717, 1.165) is 24.8 Å². The standard InChI is InChI=1S/C16H21NO3S/c18-15(17-21(19)11-5-2-6-12-21)16(9-10-16)20-13-14-7-3-1-4-8-14/h1,3-4,7-8H,2,5-6,9-13H2. The normalized spacial score (nSPS) is 22.5. The highest BCUT2D eigenvalue weighted by Gasteiger charge is 2.52. The number of rotatable bonds is 4. The second kappa shape index (κ2) is 5.89. The number of amides is 1. The zero-order valence-electron chi connectivity index (χ0n) is 12.1. The minimum atomic E-state index is -2.32. The molecule has 1 aromatic carbocycles. The van der Waals surface area contributed by atoms with Gasteiger partial charge in [0.15, 0.2) is 0 Å². The van der Waals surface area contributed by atoms with Crippen LogP contribution in [0.5, 0.6) is 0 Å². The Balaban J connectivity index is 1.66. The van der Waals surface area contributed by atoms with Gasteiger partial charge in [-0.25, -0.2) is 4.21 Å². The van der Waals surface area contributed by atoms with Gasteiger partial charge in [0.1, 0.15) is 5.60 Å². The van der Waals surface area contributed by atoms with Crippen molar-refractivity contribution in [1.29, 1.82) is 0 Å². The van der Waals surface area contributed by atoms with Gasteiger partial charge in [-0.3, -0.25) is 4.79 Å². The van der Waals surface area contributed by atoms with Gasteiger partial charge in [0, 0.05) is 11.5 Å². The lowest BCUT2D eigenvalue weighted by molar-refractivity contribution is -0.132. The predicted molar refractivity (Wildman–Crippen MR) is 82.4 cm³/mol. The maximum Gasteiger partial charge on any atom is 0.285 e. The highest BCUT2D eigenvalue weighted by Crippen LogP contribution is 2.42. The molecule has 1 amide bonds. The SMILES string of the molecule is O=C(N=S1(=O)CCCCC1)C1(OCc2ccccc2)CC1. The third-order valence-corrected chi connectivity index (χ3v) is 6.48. The van der Waals surface area contributed by atoms with E-state index in [1.165, 1.54) is 0 Å². The summed E-state index contributed by atoms with van der Waals surface area (Å²) in [6.07, 6.45) is 4.30. The van der Waals surface area contributed by atoms with Crippen LogP contribution < -0.4 is 0 Å². The van der Waals surface area contributed by atoms with Gasteiger partial charge in [-0.15, -0.1) is 0 Å². The van der Waals surface area contributed by atoms with Crippen LogP contribution in [0, 0.1) is 0 Å². The molecule has 1 saturated carbocycles. The number of ether oxygens (including phenoxy) is 1. The second-order valence-electron chi connectivity index (χ2n) is 5.91. The summed E-state index contributed by atoms with van der Waals surface area (Å²) in [6, 6.07) is 9.79. The Morgan fingerprint density at radius 3 is 2.43 bits per heavy atom. The molecule has 0 bridgehead atoms. The summed E-state index contributed by atoms with van der Waals surface area (Å²) in [5, 5.41) is 0. The Kier molecular flexibility index (Phi) is 4.13. The summed E-state index contributed by atoms with van der Waals surface area (Å²) in [5.41, 5.74) is 0.246. The number of nitrogens with zero attached hydrogens (tertiary/aromatic N) is 1. The molecule has 21 heavy (non-hydrogen) atoms. The second-order valence-corrected chi connectivity index (χ2v) is 8.45. The molecule has 0 N–H and O–H groups in total. The number of hydrogen-bond acceptors (Lipinski definition) is 3. The molecular formula is C16H21NO3S. The van der Waals surface area contributed by atoms with Crippen LogP contribution in [0.2, 0.25) is 0 Å². The van der Waals surface area contributed by atoms with Crippen LogP contribution >= 0.6 is 0 Å². The summed E-state index contributed by atoms with van der Waals surface area (Å²) >= 11 is 0. The first-order chi connectivity index (χ1) is 10.1. The van der Waals surface area contributed by atoms with Crippen LogP contribution in [0.3, 0.4) is 0 Å². The summed E-state index contributed by atoms with van der Waals surface area (Å²) in [4.78, 5) is 12.4. The Morgan fingerprint density at radius 2 is 1.81 bits per heavy atom. The van der Waals surface area contributed by atoms with E-state index in [0.29, 0.717) is 31.0 Å². The average molecular weight is 307 g/mol. The van der Waals surface area contributed by atoms with Crippen molar-refractivity contribution < 1.29 is 13.7 Å². The van der Waals surface area contributed by atoms with Crippen molar-refractivity contribution in [2.24, 2.45) is 4.36 Å². The van der Waals surface area contributed by atoms with Crippen molar-refractivity contribution in [2.45, 2.75) is 44.3 Å². The van der Waals surface area contributed by atoms with Gasteiger partial charge in [-0.1, -0.05) is 36.8 Å². The Hall–Kier alpha value is -1.20. The van der Waals surface area contributed by atoms with E-state index in [4.69, 9.17) is 4.74 Å². The van der Waals surface area contributed by atoms with Crippen LogP contribution in [0.1, 0.15) is 37.7 Å². The monoisotopic (exact) mass is 307 g/mol. The van der Waals surface area contributed by atoms with E-state index in [-0.39, 0.29) is 5.91 Å². The van der Waals surface area contributed by atoms with Crippen LogP contribution in [0.25, 0.3) is 0 Å². The van der Waals surface area contributed by atoms with Gasteiger partial charge < -0.3 is 4.74 Å². The smallest absolute Gasteiger partial charge is 0.285 e. The van der Waals surface area contributed by atoms with Crippen molar-refractivity contribution in [3.05, 3.63) is 35.9 Å². The molecule has 1 aromatic rings. The van der Waals surface area contributed by atoms with E-state index in [1.807, 2.05) is 30.3 Å². The first-order valence-corrected chi connectivity index (χ1v) is 9.42. The maximum absolute atomic E-state index is 12.5. The molecular weight excluding hydrogens is 286 g/mol. The van der Waals surface area contributed by atoms with Gasteiger partial charge in [-0.2, -0.15) is 4.36 Å². The average Bonchev–Trinajstić information content (AvgIpc) is 3.28. The Labute approximate surface area is 126 Å². The first-order valence-electron chi connectivity index (χ1n) is 7.57. The summed E-state index contributed by atoms with van der Waals surface area (Å²) < 4.78 is 22.4. The molecule has 0 spiro atoms. The molecule has 0 radical (unpaired) electrons. The highest BCUT2D eigenvalue weighted by molar-refractivity contribution is 7.93. The topological polar surface area (TPSA) is 55.7 Å². The van der Waals surface area contributed by atoms with Crippen molar-refractivity contribution in [3.63, 3.8) is 0 Å². The van der Waals surface area contributed by atoms with Gasteiger partial charge in [0.25, 0.3) is 5.91 Å². The fraction of sp³-hybridized carbons (Fsp3) is 0.562. The minimum absolute atomic E-state index is 0.301. The largest absolute Gasteiger partial charge is 0.360 e. The summed E-state index contributed by atoms with van der Waals surface area (Å²) in [6.45, 7) is 0.406. The lowest BCUT2D eigenvalue weighted by Crippen LogP contribution is -2.27. The first kappa shape index (κ1) is 14.7. The predicted octanol–water partition coefficient (Wildman–Crippen LogP) is 2.91. The molecule has 114 valence electrons. The molecule has 3 rings (SSSR count). The molecule has 5 heteroatoms. The van der Waals surface area contributed by atoms with Crippen LogP contribution in [0.15, 0.2) is 34.7 Å². The molecule has 1 heterocycles. The fourth-order valence-electron chi connectivity index (χ4n) is 2.59. The van der Waals surface area contributed by atoms with Crippen molar-refractivity contribution >= 4 is 15.6 Å². The van der Waals surface area contributed by atoms with E-state index in [9.17, 15) is 9.00 Å². The Morgan fingerprint density at radius 1 is 1.14 bits per heavy atom. The summed E-state index contributed by atoms with van der Waals surface area (Å²) in [5.74, 6) is 0.825. The van der Waals surface area contributed by atoms with Crippen LogP contribution in [-0.4, -0.2) is 27.2 Å². The van der Waals surface area contributed by atoms with Gasteiger partial charge in [0.2, 0.25) is 0 Å². The van der Waals surface area contributed by atoms with E-state index >= 15 is 0 Å². The van der Waals surface area contributed by atoms with E-state index < -0.39 is 15.3 Å². The van der Waals surface area contributed by atoms with Gasteiger partial charge in [-0.05, 0) is 31.2 Å². The quantitative estimate of drug-likeness (QED) is 0.859.